The highest BCUT2D eigenvalue weighted by Gasteiger charge is 2.18. The normalized spacial score (nSPS) is 17.7. The zero-order valence-electron chi connectivity index (χ0n) is 13.1. The molecule has 0 spiro atoms. The van der Waals surface area contributed by atoms with Crippen molar-refractivity contribution in [2.24, 2.45) is 0 Å². The minimum absolute atomic E-state index is 0.0476. The van der Waals surface area contributed by atoms with Gasteiger partial charge in [-0.05, 0) is 12.5 Å². The minimum atomic E-state index is -0.512. The van der Waals surface area contributed by atoms with Crippen molar-refractivity contribution < 1.29 is 28.7 Å². The molecular formula is C16H19NO7. The zero-order chi connectivity index (χ0) is 17.4. The van der Waals surface area contributed by atoms with Gasteiger partial charge in [0, 0.05) is 18.9 Å². The van der Waals surface area contributed by atoms with Gasteiger partial charge in [0.15, 0.2) is 0 Å². The second-order valence-electron chi connectivity index (χ2n) is 5.34. The number of esters is 2. The summed E-state index contributed by atoms with van der Waals surface area (Å²) in [6.07, 6.45) is 1.43. The molecule has 0 aromatic heterocycles. The summed E-state index contributed by atoms with van der Waals surface area (Å²) < 4.78 is 15.5. The van der Waals surface area contributed by atoms with Crippen LogP contribution in [-0.2, 0) is 30.4 Å². The monoisotopic (exact) mass is 337 g/mol. The fourth-order valence-corrected chi connectivity index (χ4v) is 2.32. The molecule has 1 aliphatic rings. The number of ether oxygens (including phenoxy) is 3. The van der Waals surface area contributed by atoms with Crippen molar-refractivity contribution in [1.29, 1.82) is 0 Å². The molecule has 1 heterocycles. The second-order valence-corrected chi connectivity index (χ2v) is 5.34. The summed E-state index contributed by atoms with van der Waals surface area (Å²) in [5.74, 6) is -0.723. The van der Waals surface area contributed by atoms with Gasteiger partial charge in [-0.3, -0.25) is 19.7 Å². The summed E-state index contributed by atoms with van der Waals surface area (Å²) in [7, 11) is 0. The lowest BCUT2D eigenvalue weighted by atomic mass is 10.1. The lowest BCUT2D eigenvalue weighted by molar-refractivity contribution is -0.385. The van der Waals surface area contributed by atoms with Gasteiger partial charge in [-0.2, -0.15) is 0 Å². The lowest BCUT2D eigenvalue weighted by Crippen LogP contribution is -2.16. The third-order valence-electron chi connectivity index (χ3n) is 3.61. The number of carbonyl (C=O) groups excluding carboxylic acids is 2. The van der Waals surface area contributed by atoms with Crippen molar-refractivity contribution in [1.82, 2.24) is 0 Å². The molecule has 0 amide bonds. The summed E-state index contributed by atoms with van der Waals surface area (Å²) in [5, 5.41) is 10.9. The molecule has 1 aliphatic heterocycles. The molecule has 1 aromatic carbocycles. The van der Waals surface area contributed by atoms with E-state index in [1.54, 1.807) is 18.2 Å². The van der Waals surface area contributed by atoms with Gasteiger partial charge in [-0.25, -0.2) is 0 Å². The van der Waals surface area contributed by atoms with Gasteiger partial charge in [0.25, 0.3) is 5.69 Å². The Morgan fingerprint density at radius 1 is 1.33 bits per heavy atom. The molecule has 1 atom stereocenters. The summed E-state index contributed by atoms with van der Waals surface area (Å²) in [6, 6.07) is 6.11. The first kappa shape index (κ1) is 17.9. The molecule has 24 heavy (non-hydrogen) atoms. The Morgan fingerprint density at radius 2 is 2.12 bits per heavy atom. The van der Waals surface area contributed by atoms with Gasteiger partial charge < -0.3 is 14.2 Å². The van der Waals surface area contributed by atoms with Crippen LogP contribution in [0.2, 0.25) is 0 Å². The van der Waals surface area contributed by atoms with Crippen LogP contribution in [0.1, 0.15) is 31.2 Å². The molecule has 0 N–H and O–H groups in total. The van der Waals surface area contributed by atoms with E-state index in [9.17, 15) is 19.7 Å². The fourth-order valence-electron chi connectivity index (χ4n) is 2.32. The predicted molar refractivity (Wildman–Crippen MR) is 82.1 cm³/mol. The topological polar surface area (TPSA) is 105 Å². The summed E-state index contributed by atoms with van der Waals surface area (Å²) in [4.78, 5) is 33.2. The average Bonchev–Trinajstić information content (AvgIpc) is 2.77. The molecule has 8 nitrogen and oxygen atoms in total. The van der Waals surface area contributed by atoms with E-state index in [1.165, 1.54) is 6.07 Å². The van der Waals surface area contributed by atoms with E-state index >= 15 is 0 Å². The van der Waals surface area contributed by atoms with E-state index in [-0.39, 0.29) is 37.4 Å². The summed E-state index contributed by atoms with van der Waals surface area (Å²) in [5.41, 5.74) is 0.265. The van der Waals surface area contributed by atoms with Crippen LogP contribution in [-0.4, -0.2) is 36.2 Å². The first-order chi connectivity index (χ1) is 11.6. The number of carbonyl (C=O) groups is 2. The molecular weight excluding hydrogens is 318 g/mol. The van der Waals surface area contributed by atoms with E-state index in [0.29, 0.717) is 31.4 Å². The molecule has 0 saturated carbocycles. The lowest BCUT2D eigenvalue weighted by Gasteiger charge is -2.13. The highest BCUT2D eigenvalue weighted by Crippen LogP contribution is 2.18. The standard InChI is InChI=1S/C16H19NO7/c18-15-6-5-13(7-9-23-15)22-10-8-16(19)24-11-12-3-1-2-4-14(12)17(20)21/h1-4,13H,5-11H2. The molecule has 2 rings (SSSR count). The van der Waals surface area contributed by atoms with Crippen molar-refractivity contribution in [2.75, 3.05) is 13.2 Å². The van der Waals surface area contributed by atoms with Crippen LogP contribution < -0.4 is 0 Å². The highest BCUT2D eigenvalue weighted by atomic mass is 16.6. The van der Waals surface area contributed by atoms with Gasteiger partial charge in [0.05, 0.1) is 36.2 Å². The number of cyclic esters (lactones) is 1. The number of nitro groups is 1. The number of para-hydroxylation sites is 1. The van der Waals surface area contributed by atoms with Gasteiger partial charge >= 0.3 is 11.9 Å². The molecule has 130 valence electrons. The van der Waals surface area contributed by atoms with Crippen molar-refractivity contribution in [3.63, 3.8) is 0 Å². The van der Waals surface area contributed by atoms with E-state index in [1.807, 2.05) is 0 Å². The van der Waals surface area contributed by atoms with Crippen LogP contribution in [0.15, 0.2) is 24.3 Å². The largest absolute Gasteiger partial charge is 0.466 e. The molecule has 8 heteroatoms. The first-order valence-electron chi connectivity index (χ1n) is 7.71. The average molecular weight is 337 g/mol. The van der Waals surface area contributed by atoms with Crippen molar-refractivity contribution in [3.8, 4) is 0 Å². The van der Waals surface area contributed by atoms with Gasteiger partial charge in [0.1, 0.15) is 6.61 Å². The Bertz CT molecular complexity index is 602. The number of nitro benzene ring substituents is 1. The summed E-state index contributed by atoms with van der Waals surface area (Å²) >= 11 is 0. The Labute approximate surface area is 138 Å². The smallest absolute Gasteiger partial charge is 0.308 e. The molecule has 0 bridgehead atoms. The second kappa shape index (κ2) is 8.97. The number of nitrogens with zero attached hydrogens (tertiary/aromatic N) is 1. The van der Waals surface area contributed by atoms with Crippen LogP contribution >= 0.6 is 0 Å². The number of benzene rings is 1. The quantitative estimate of drug-likeness (QED) is 0.426. The molecule has 1 aromatic rings. The Morgan fingerprint density at radius 3 is 2.92 bits per heavy atom. The zero-order valence-corrected chi connectivity index (χ0v) is 13.1. The third kappa shape index (κ3) is 5.62. The van der Waals surface area contributed by atoms with Crippen LogP contribution in [0.25, 0.3) is 0 Å². The van der Waals surface area contributed by atoms with E-state index in [2.05, 4.69) is 0 Å². The molecule has 1 unspecified atom stereocenters. The third-order valence-corrected chi connectivity index (χ3v) is 3.61. The van der Waals surface area contributed by atoms with Gasteiger partial charge in [-0.1, -0.05) is 12.1 Å². The molecule has 0 radical (unpaired) electrons. The Hall–Kier alpha value is -2.48. The van der Waals surface area contributed by atoms with Crippen LogP contribution in [0.5, 0.6) is 0 Å². The van der Waals surface area contributed by atoms with Crippen molar-refractivity contribution in [3.05, 3.63) is 39.9 Å². The van der Waals surface area contributed by atoms with Gasteiger partial charge in [-0.15, -0.1) is 0 Å². The van der Waals surface area contributed by atoms with Crippen LogP contribution in [0.4, 0.5) is 5.69 Å². The number of hydrogen-bond acceptors (Lipinski definition) is 7. The Balaban J connectivity index is 1.70. The van der Waals surface area contributed by atoms with E-state index < -0.39 is 10.9 Å². The molecule has 0 aliphatic carbocycles. The van der Waals surface area contributed by atoms with Crippen LogP contribution in [0.3, 0.4) is 0 Å². The van der Waals surface area contributed by atoms with E-state index in [4.69, 9.17) is 14.2 Å². The fraction of sp³-hybridized carbons (Fsp3) is 0.500. The highest BCUT2D eigenvalue weighted by molar-refractivity contribution is 5.70. The maximum absolute atomic E-state index is 11.7. The minimum Gasteiger partial charge on any atom is -0.466 e. The van der Waals surface area contributed by atoms with Crippen molar-refractivity contribution in [2.45, 2.75) is 38.4 Å². The van der Waals surface area contributed by atoms with E-state index in [0.717, 1.165) is 0 Å². The predicted octanol–water partition coefficient (Wildman–Crippen LogP) is 2.14. The molecule has 1 fully saturated rings. The maximum atomic E-state index is 11.7. The first-order valence-corrected chi connectivity index (χ1v) is 7.71. The number of hydrogen-bond donors (Lipinski definition) is 0. The van der Waals surface area contributed by atoms with Crippen molar-refractivity contribution >= 4 is 17.6 Å². The van der Waals surface area contributed by atoms with Gasteiger partial charge in [0.2, 0.25) is 0 Å². The number of rotatable bonds is 7. The SMILES string of the molecule is O=C1CCC(OCCC(=O)OCc2ccccc2[N+](=O)[O-])CCO1. The summed E-state index contributed by atoms with van der Waals surface area (Å²) in [6.45, 7) is 0.349. The van der Waals surface area contributed by atoms with Crippen LogP contribution in [0, 0.1) is 10.1 Å². The molecule has 1 saturated heterocycles. The maximum Gasteiger partial charge on any atom is 0.308 e. The Kier molecular flexibility index (Phi) is 6.68.